The van der Waals surface area contributed by atoms with Gasteiger partial charge < -0.3 is 9.66 Å². The van der Waals surface area contributed by atoms with Gasteiger partial charge in [0.15, 0.2) is 9.84 Å². The van der Waals surface area contributed by atoms with Crippen LogP contribution in [0, 0.1) is 0 Å². The van der Waals surface area contributed by atoms with Gasteiger partial charge in [0.1, 0.15) is 10.1 Å². The molecule has 2 atom stereocenters. The Balaban J connectivity index is 3.01. The predicted octanol–water partition coefficient (Wildman–Crippen LogP) is -2.31. The SMILES string of the molecule is O=S1(=O)C[C@H](O)[C@@H](S(=O)(=O)[O-])C1. The third-order valence-corrected chi connectivity index (χ3v) is 4.79. The van der Waals surface area contributed by atoms with Gasteiger partial charge >= 0.3 is 0 Å². The summed E-state index contributed by atoms with van der Waals surface area (Å²) in [7, 11) is -8.26. The molecule has 1 N–H and O–H groups in total. The van der Waals surface area contributed by atoms with Crippen LogP contribution in [0.3, 0.4) is 0 Å². The van der Waals surface area contributed by atoms with Gasteiger partial charge in [-0.15, -0.1) is 0 Å². The monoisotopic (exact) mass is 215 g/mol. The van der Waals surface area contributed by atoms with Crippen molar-refractivity contribution in [3.8, 4) is 0 Å². The minimum atomic E-state index is -4.70. The van der Waals surface area contributed by atoms with Crippen LogP contribution in [0.15, 0.2) is 0 Å². The third-order valence-electron chi connectivity index (χ3n) is 1.64. The van der Waals surface area contributed by atoms with E-state index in [4.69, 9.17) is 5.11 Å². The van der Waals surface area contributed by atoms with Gasteiger partial charge in [0.05, 0.1) is 22.9 Å². The molecule has 1 aliphatic heterocycles. The van der Waals surface area contributed by atoms with Gasteiger partial charge in [-0.3, -0.25) is 0 Å². The molecular weight excluding hydrogens is 208 g/mol. The standard InChI is InChI=1S/C4H8O6S2/c5-3-1-11(6,7)2-4(3)12(8,9)10/h3-5H,1-2H2,(H,8,9,10)/p-1/t3-,4-/m0/s1. The number of aliphatic hydroxyl groups is 1. The maximum atomic E-state index is 10.7. The van der Waals surface area contributed by atoms with Crippen molar-refractivity contribution in [1.29, 1.82) is 0 Å². The lowest BCUT2D eigenvalue weighted by atomic mass is 10.3. The maximum absolute atomic E-state index is 10.7. The first kappa shape index (κ1) is 9.90. The molecule has 12 heavy (non-hydrogen) atoms. The highest BCUT2D eigenvalue weighted by atomic mass is 32.2. The zero-order chi connectivity index (χ0) is 9.57. The molecule has 1 rings (SSSR count). The number of sulfone groups is 1. The van der Waals surface area contributed by atoms with Crippen molar-refractivity contribution in [2.24, 2.45) is 0 Å². The molecule has 1 fully saturated rings. The van der Waals surface area contributed by atoms with Crippen molar-refractivity contribution < 1.29 is 26.5 Å². The van der Waals surface area contributed by atoms with Crippen molar-refractivity contribution in [1.82, 2.24) is 0 Å². The van der Waals surface area contributed by atoms with Crippen molar-refractivity contribution in [3.05, 3.63) is 0 Å². The minimum Gasteiger partial charge on any atom is -0.748 e. The second kappa shape index (κ2) is 2.66. The summed E-state index contributed by atoms with van der Waals surface area (Å²) in [5.41, 5.74) is 0. The Kier molecular flexibility index (Phi) is 2.19. The highest BCUT2D eigenvalue weighted by Crippen LogP contribution is 2.18. The van der Waals surface area contributed by atoms with E-state index in [0.717, 1.165) is 0 Å². The fraction of sp³-hybridized carbons (Fsp3) is 1.00. The summed E-state index contributed by atoms with van der Waals surface area (Å²) in [5, 5.41) is 7.21. The first-order valence-corrected chi connectivity index (χ1v) is 6.35. The van der Waals surface area contributed by atoms with Crippen molar-refractivity contribution in [3.63, 3.8) is 0 Å². The molecule has 0 amide bonds. The Morgan fingerprint density at radius 2 is 1.83 bits per heavy atom. The molecule has 1 saturated heterocycles. The van der Waals surface area contributed by atoms with Crippen LogP contribution < -0.4 is 0 Å². The fourth-order valence-corrected chi connectivity index (χ4v) is 4.58. The quantitative estimate of drug-likeness (QED) is 0.492. The summed E-state index contributed by atoms with van der Waals surface area (Å²) >= 11 is 0. The second-order valence-electron chi connectivity index (χ2n) is 2.68. The highest BCUT2D eigenvalue weighted by molar-refractivity contribution is 7.94. The first-order chi connectivity index (χ1) is 5.22. The van der Waals surface area contributed by atoms with Crippen molar-refractivity contribution >= 4 is 20.0 Å². The molecule has 0 aromatic carbocycles. The van der Waals surface area contributed by atoms with Crippen LogP contribution in [0.5, 0.6) is 0 Å². The summed E-state index contributed by atoms with van der Waals surface area (Å²) in [4.78, 5) is 0. The Morgan fingerprint density at radius 3 is 2.00 bits per heavy atom. The van der Waals surface area contributed by atoms with E-state index in [2.05, 4.69) is 0 Å². The average Bonchev–Trinajstić information content (AvgIpc) is 2.03. The third kappa shape index (κ3) is 1.94. The molecule has 0 aromatic heterocycles. The van der Waals surface area contributed by atoms with E-state index in [1.165, 1.54) is 0 Å². The first-order valence-electron chi connectivity index (χ1n) is 3.05. The van der Waals surface area contributed by atoms with Gasteiger partial charge in [0, 0.05) is 0 Å². The van der Waals surface area contributed by atoms with E-state index in [1.807, 2.05) is 0 Å². The molecule has 1 aliphatic rings. The summed E-state index contributed by atoms with van der Waals surface area (Å²) in [5.74, 6) is -1.40. The molecule has 0 saturated carbocycles. The lowest BCUT2D eigenvalue weighted by Gasteiger charge is -2.16. The zero-order valence-corrected chi connectivity index (χ0v) is 7.51. The number of rotatable bonds is 1. The van der Waals surface area contributed by atoms with E-state index in [-0.39, 0.29) is 0 Å². The summed E-state index contributed by atoms with van der Waals surface area (Å²) in [6.45, 7) is 0. The Morgan fingerprint density at radius 1 is 1.33 bits per heavy atom. The fourth-order valence-electron chi connectivity index (χ4n) is 1.07. The Labute approximate surface area is 69.9 Å². The zero-order valence-electron chi connectivity index (χ0n) is 5.87. The molecule has 0 spiro atoms. The largest absolute Gasteiger partial charge is 0.748 e. The summed E-state index contributed by atoms with van der Waals surface area (Å²) in [6, 6.07) is 0. The van der Waals surface area contributed by atoms with Crippen LogP contribution in [-0.2, 0) is 20.0 Å². The van der Waals surface area contributed by atoms with Crippen LogP contribution in [0.25, 0.3) is 0 Å². The molecule has 0 bridgehead atoms. The van der Waals surface area contributed by atoms with Gasteiger partial charge in [-0.1, -0.05) is 0 Å². The highest BCUT2D eigenvalue weighted by Gasteiger charge is 2.40. The van der Waals surface area contributed by atoms with Crippen molar-refractivity contribution in [2.45, 2.75) is 11.4 Å². The maximum Gasteiger partial charge on any atom is 0.154 e. The molecule has 1 heterocycles. The summed E-state index contributed by atoms with van der Waals surface area (Å²) < 4.78 is 52.5. The number of hydrogen-bond donors (Lipinski definition) is 1. The van der Waals surface area contributed by atoms with Gasteiger partial charge in [0.2, 0.25) is 0 Å². The molecule has 0 aromatic rings. The molecular formula is C4H7O6S2-. The van der Waals surface area contributed by atoms with Gasteiger partial charge in [0.25, 0.3) is 0 Å². The van der Waals surface area contributed by atoms with Crippen molar-refractivity contribution in [2.75, 3.05) is 11.5 Å². The van der Waals surface area contributed by atoms with E-state index >= 15 is 0 Å². The molecule has 72 valence electrons. The predicted molar refractivity (Wildman–Crippen MR) is 38.1 cm³/mol. The normalized spacial score (nSPS) is 35.2. The average molecular weight is 215 g/mol. The molecule has 0 radical (unpaired) electrons. The minimum absolute atomic E-state index is 0.640. The van der Waals surface area contributed by atoms with Crippen LogP contribution in [-0.4, -0.2) is 49.4 Å². The van der Waals surface area contributed by atoms with Crippen LogP contribution in [0.1, 0.15) is 0 Å². The second-order valence-corrected chi connectivity index (χ2v) is 6.42. The van der Waals surface area contributed by atoms with Crippen LogP contribution in [0.2, 0.25) is 0 Å². The number of hydrogen-bond acceptors (Lipinski definition) is 6. The lowest BCUT2D eigenvalue weighted by Crippen LogP contribution is -2.32. The van der Waals surface area contributed by atoms with E-state index < -0.39 is 42.8 Å². The van der Waals surface area contributed by atoms with E-state index in [9.17, 15) is 21.4 Å². The van der Waals surface area contributed by atoms with E-state index in [0.29, 0.717) is 0 Å². The molecule has 0 aliphatic carbocycles. The molecule has 8 heteroatoms. The lowest BCUT2D eigenvalue weighted by molar-refractivity contribution is 0.200. The molecule has 0 unspecified atom stereocenters. The van der Waals surface area contributed by atoms with Crippen LogP contribution >= 0.6 is 0 Å². The topological polar surface area (TPSA) is 112 Å². The van der Waals surface area contributed by atoms with Gasteiger partial charge in [-0.05, 0) is 0 Å². The van der Waals surface area contributed by atoms with Gasteiger partial charge in [-0.25, -0.2) is 16.8 Å². The number of aliphatic hydroxyl groups excluding tert-OH is 1. The van der Waals surface area contributed by atoms with E-state index in [1.54, 1.807) is 0 Å². The smallest absolute Gasteiger partial charge is 0.154 e. The van der Waals surface area contributed by atoms with Crippen LogP contribution in [0.4, 0.5) is 0 Å². The Bertz CT molecular complexity index is 364. The Hall–Kier alpha value is -0.180. The summed E-state index contributed by atoms with van der Waals surface area (Å²) in [6.07, 6.45) is -1.57. The molecule has 6 nitrogen and oxygen atoms in total. The van der Waals surface area contributed by atoms with Gasteiger partial charge in [-0.2, -0.15) is 0 Å².